The van der Waals surface area contributed by atoms with E-state index in [9.17, 15) is 24.3 Å². The van der Waals surface area contributed by atoms with Gasteiger partial charge in [-0.1, -0.05) is 6.07 Å². The van der Waals surface area contributed by atoms with Gasteiger partial charge in [-0.2, -0.15) is 0 Å². The minimum Gasteiger partial charge on any atom is -0.507 e. The van der Waals surface area contributed by atoms with Gasteiger partial charge in [0.2, 0.25) is 11.8 Å². The van der Waals surface area contributed by atoms with E-state index in [0.29, 0.717) is 66.5 Å². The van der Waals surface area contributed by atoms with Crippen LogP contribution < -0.4 is 25.2 Å². The van der Waals surface area contributed by atoms with Gasteiger partial charge in [-0.05, 0) is 124 Å². The standard InChI is InChI=1S/C48H57N7O8/c1-51-28-38(36-22-43(49-25-37(36)46(51)59)54-15-17-62-18-16-54)32-19-41(56)39(42(20-32)61-2)29-52-11-7-30(8-12-52)26-53-13-9-48(10-14-53)23-34(24-48)63-33-4-3-31-27-55(47(60)35(31)21-33)40-5-6-44(57)50-45(40)58/h3-4,19-22,25,28,30,34,40,56H,5-18,23-24,26-27,29H2,1-2H3,(H,50,57,58). The maximum absolute atomic E-state index is 13.3. The number of nitrogens with zero attached hydrogens (tertiary/aromatic N) is 6. The number of piperidine rings is 3. The molecule has 15 nitrogen and oxygen atoms in total. The van der Waals surface area contributed by atoms with E-state index in [1.165, 1.54) is 12.8 Å². The highest BCUT2D eigenvalue weighted by Crippen LogP contribution is 2.51. The molecule has 2 aromatic heterocycles. The number of nitrogens with one attached hydrogen (secondary N) is 1. The highest BCUT2D eigenvalue weighted by atomic mass is 16.5. The zero-order valence-corrected chi connectivity index (χ0v) is 36.3. The van der Waals surface area contributed by atoms with Gasteiger partial charge in [0.1, 0.15) is 29.1 Å². The first-order chi connectivity index (χ1) is 30.5. The van der Waals surface area contributed by atoms with Crippen LogP contribution in [0.3, 0.4) is 0 Å². The summed E-state index contributed by atoms with van der Waals surface area (Å²) in [5.74, 6) is 2.09. The van der Waals surface area contributed by atoms with E-state index in [0.717, 1.165) is 105 Å². The number of anilines is 1. The van der Waals surface area contributed by atoms with E-state index in [4.69, 9.17) is 14.2 Å². The average molecular weight is 860 g/mol. The van der Waals surface area contributed by atoms with E-state index < -0.39 is 11.9 Å². The van der Waals surface area contributed by atoms with Crippen molar-refractivity contribution in [2.45, 2.75) is 76.6 Å². The van der Waals surface area contributed by atoms with Gasteiger partial charge in [-0.15, -0.1) is 0 Å². The molecule has 15 heteroatoms. The Labute approximate surface area is 366 Å². The number of hydrogen-bond donors (Lipinski definition) is 2. The molecule has 1 unspecified atom stereocenters. The Hall–Kier alpha value is -5.51. The number of aryl methyl sites for hydroxylation is 1. The number of morpholine rings is 1. The molecule has 1 atom stereocenters. The molecule has 1 aliphatic carbocycles. The first-order valence-corrected chi connectivity index (χ1v) is 22.6. The van der Waals surface area contributed by atoms with Crippen molar-refractivity contribution >= 4 is 34.3 Å². The zero-order valence-electron chi connectivity index (χ0n) is 36.3. The Morgan fingerprint density at radius 2 is 1.68 bits per heavy atom. The second-order valence-corrected chi connectivity index (χ2v) is 18.7. The second-order valence-electron chi connectivity index (χ2n) is 18.7. The van der Waals surface area contributed by atoms with E-state index in [2.05, 4.69) is 25.0 Å². The lowest BCUT2D eigenvalue weighted by molar-refractivity contribution is -0.136. The number of imide groups is 1. The van der Waals surface area contributed by atoms with Crippen molar-refractivity contribution in [3.8, 4) is 28.4 Å². The Morgan fingerprint density at radius 1 is 0.905 bits per heavy atom. The molecular weight excluding hydrogens is 803 g/mol. The van der Waals surface area contributed by atoms with E-state index in [1.807, 2.05) is 36.5 Å². The quantitative estimate of drug-likeness (QED) is 0.216. The third-order valence-electron chi connectivity index (χ3n) is 14.8. The SMILES string of the molecule is COc1cc(-c2cn(C)c(=O)c3cnc(N4CCOCC4)cc23)cc(O)c1CN1CCC(CN2CCC3(CC2)CC(Oc2ccc4c(c2)C(=O)N(C2CCC(=O)NC2=O)C4)C3)CC1. The van der Waals surface area contributed by atoms with Crippen molar-refractivity contribution in [3.05, 3.63) is 75.8 Å². The number of ether oxygens (including phenoxy) is 3. The molecule has 6 aliphatic rings. The molecular formula is C48H57N7O8. The number of phenolic OH excluding ortho intramolecular Hbond substituents is 1. The average Bonchev–Trinajstić information content (AvgIpc) is 3.60. The summed E-state index contributed by atoms with van der Waals surface area (Å²) in [6.07, 6.45) is 10.8. The summed E-state index contributed by atoms with van der Waals surface area (Å²) in [7, 11) is 3.38. The number of pyridine rings is 2. The lowest BCUT2D eigenvalue weighted by Gasteiger charge is -2.52. The molecule has 63 heavy (non-hydrogen) atoms. The van der Waals surface area contributed by atoms with Gasteiger partial charge in [-0.3, -0.25) is 29.4 Å². The van der Waals surface area contributed by atoms with Gasteiger partial charge < -0.3 is 38.6 Å². The van der Waals surface area contributed by atoms with Gasteiger partial charge >= 0.3 is 0 Å². The monoisotopic (exact) mass is 859 g/mol. The molecule has 4 aromatic rings. The minimum atomic E-state index is -0.620. The summed E-state index contributed by atoms with van der Waals surface area (Å²) >= 11 is 0. The number of carbonyl (C=O) groups excluding carboxylic acids is 3. The number of hydrogen-bond acceptors (Lipinski definition) is 12. The lowest BCUT2D eigenvalue weighted by atomic mass is 9.61. The van der Waals surface area contributed by atoms with E-state index in [-0.39, 0.29) is 35.6 Å². The summed E-state index contributed by atoms with van der Waals surface area (Å²) in [6.45, 7) is 8.93. The Bertz CT molecular complexity index is 2490. The summed E-state index contributed by atoms with van der Waals surface area (Å²) in [5.41, 5.74) is 4.05. The van der Waals surface area contributed by atoms with Crippen LogP contribution in [-0.4, -0.2) is 125 Å². The molecule has 3 amide bonds. The highest BCUT2D eigenvalue weighted by molar-refractivity contribution is 6.05. The molecule has 5 aliphatic heterocycles. The largest absolute Gasteiger partial charge is 0.507 e. The summed E-state index contributed by atoms with van der Waals surface area (Å²) in [6, 6.07) is 10.8. The number of aromatic hydroxyl groups is 1. The third kappa shape index (κ3) is 8.15. The van der Waals surface area contributed by atoms with Crippen LogP contribution in [0.15, 0.2) is 53.6 Å². The fourth-order valence-electron chi connectivity index (χ4n) is 11.0. The number of amides is 3. The van der Waals surface area contributed by atoms with E-state index in [1.54, 1.807) is 35.9 Å². The highest BCUT2D eigenvalue weighted by Gasteiger charge is 2.47. The summed E-state index contributed by atoms with van der Waals surface area (Å²) in [5, 5.41) is 15.2. The second kappa shape index (κ2) is 16.9. The van der Waals surface area contributed by atoms with Gasteiger partial charge in [-0.25, -0.2) is 4.98 Å². The Kier molecular flexibility index (Phi) is 11.1. The smallest absolute Gasteiger partial charge is 0.259 e. The molecule has 7 heterocycles. The van der Waals surface area contributed by atoms with Crippen LogP contribution in [0.2, 0.25) is 0 Å². The van der Waals surface area contributed by atoms with Crippen molar-refractivity contribution in [2.75, 3.05) is 71.0 Å². The molecule has 1 spiro atoms. The number of methoxy groups -OCH3 is 1. The molecule has 10 rings (SSSR count). The maximum atomic E-state index is 13.3. The van der Waals surface area contributed by atoms with Crippen LogP contribution in [0.5, 0.6) is 17.2 Å². The summed E-state index contributed by atoms with van der Waals surface area (Å²) in [4.78, 5) is 64.0. The first-order valence-electron chi connectivity index (χ1n) is 22.6. The Morgan fingerprint density at radius 3 is 2.43 bits per heavy atom. The van der Waals surface area contributed by atoms with Crippen LogP contribution in [-0.2, 0) is 34.5 Å². The number of rotatable bonds is 10. The van der Waals surface area contributed by atoms with Crippen LogP contribution >= 0.6 is 0 Å². The number of aromatic nitrogens is 2. The Balaban J connectivity index is 0.704. The molecule has 2 N–H and O–H groups in total. The minimum absolute atomic E-state index is 0.120. The van der Waals surface area contributed by atoms with Crippen molar-refractivity contribution in [3.63, 3.8) is 0 Å². The summed E-state index contributed by atoms with van der Waals surface area (Å²) < 4.78 is 19.4. The van der Waals surface area contributed by atoms with Crippen LogP contribution in [0.1, 0.15) is 72.9 Å². The molecule has 2 aromatic carbocycles. The van der Waals surface area contributed by atoms with Crippen molar-refractivity contribution in [1.29, 1.82) is 0 Å². The van der Waals surface area contributed by atoms with Gasteiger partial charge in [0, 0.05) is 80.7 Å². The number of benzene rings is 2. The molecule has 0 bridgehead atoms. The van der Waals surface area contributed by atoms with Crippen LogP contribution in [0, 0.1) is 11.3 Å². The van der Waals surface area contributed by atoms with E-state index >= 15 is 0 Å². The van der Waals surface area contributed by atoms with Crippen LogP contribution in [0.4, 0.5) is 5.82 Å². The predicted octanol–water partition coefficient (Wildman–Crippen LogP) is 4.45. The first kappa shape index (κ1) is 41.5. The van der Waals surface area contributed by atoms with Gasteiger partial charge in [0.25, 0.3) is 11.5 Å². The zero-order chi connectivity index (χ0) is 43.4. The normalized spacial score (nSPS) is 22.4. The number of phenols is 1. The fourth-order valence-corrected chi connectivity index (χ4v) is 11.0. The molecule has 332 valence electrons. The fraction of sp³-hybridized carbons (Fsp3) is 0.521. The molecule has 0 radical (unpaired) electrons. The number of fused-ring (bicyclic) bond motifs is 2. The topological polar surface area (TPSA) is 159 Å². The third-order valence-corrected chi connectivity index (χ3v) is 14.8. The predicted molar refractivity (Wildman–Crippen MR) is 236 cm³/mol. The van der Waals surface area contributed by atoms with Gasteiger partial charge in [0.05, 0.1) is 31.8 Å². The number of likely N-dealkylation sites (tertiary alicyclic amines) is 2. The van der Waals surface area contributed by atoms with Crippen molar-refractivity contribution in [2.24, 2.45) is 18.4 Å². The molecule has 4 saturated heterocycles. The molecule has 5 fully saturated rings. The maximum Gasteiger partial charge on any atom is 0.259 e. The van der Waals surface area contributed by atoms with Crippen molar-refractivity contribution in [1.82, 2.24) is 29.6 Å². The lowest BCUT2D eigenvalue weighted by Crippen LogP contribution is -2.52. The van der Waals surface area contributed by atoms with Crippen molar-refractivity contribution < 1.29 is 33.7 Å². The number of carbonyl (C=O) groups is 3. The molecule has 1 saturated carbocycles. The van der Waals surface area contributed by atoms with Gasteiger partial charge in [0.15, 0.2) is 0 Å². The van der Waals surface area contributed by atoms with Crippen LogP contribution in [0.25, 0.3) is 21.9 Å².